The van der Waals surface area contributed by atoms with Crippen LogP contribution in [0, 0.1) is 6.92 Å². The van der Waals surface area contributed by atoms with Crippen molar-refractivity contribution >= 4 is 5.82 Å². The summed E-state index contributed by atoms with van der Waals surface area (Å²) in [5.41, 5.74) is 0. The van der Waals surface area contributed by atoms with Gasteiger partial charge in [-0.1, -0.05) is 5.16 Å². The molecule has 3 aromatic heterocycles. The van der Waals surface area contributed by atoms with Gasteiger partial charge in [0.2, 0.25) is 5.89 Å². The van der Waals surface area contributed by atoms with E-state index in [1.807, 2.05) is 24.4 Å². The first-order valence-electron chi connectivity index (χ1n) is 7.88. The Bertz CT molecular complexity index is 774. The molecule has 1 fully saturated rings. The predicted molar refractivity (Wildman–Crippen MR) is 85.7 cm³/mol. The van der Waals surface area contributed by atoms with E-state index in [1.165, 1.54) is 0 Å². The van der Waals surface area contributed by atoms with Crippen molar-refractivity contribution in [2.24, 2.45) is 0 Å². The van der Waals surface area contributed by atoms with Gasteiger partial charge in [0.1, 0.15) is 0 Å². The number of rotatable bonds is 4. The zero-order valence-corrected chi connectivity index (χ0v) is 13.4. The molecule has 0 spiro atoms. The van der Waals surface area contributed by atoms with Gasteiger partial charge in [-0.3, -0.25) is 4.90 Å². The largest absolute Gasteiger partial charge is 0.353 e. The van der Waals surface area contributed by atoms with E-state index >= 15 is 0 Å². The third kappa shape index (κ3) is 3.11. The summed E-state index contributed by atoms with van der Waals surface area (Å²) in [7, 11) is 0. The summed E-state index contributed by atoms with van der Waals surface area (Å²) >= 11 is 0. The summed E-state index contributed by atoms with van der Waals surface area (Å²) in [6.07, 6.45) is 3.57. The molecule has 0 unspecified atom stereocenters. The van der Waals surface area contributed by atoms with Gasteiger partial charge in [0.25, 0.3) is 0 Å². The number of aromatic nitrogens is 6. The van der Waals surface area contributed by atoms with Gasteiger partial charge < -0.3 is 9.42 Å². The van der Waals surface area contributed by atoms with Crippen LogP contribution in [0.2, 0.25) is 0 Å². The molecule has 124 valence electrons. The Labute approximate surface area is 138 Å². The minimum absolute atomic E-state index is 0.608. The first-order valence-corrected chi connectivity index (χ1v) is 7.88. The van der Waals surface area contributed by atoms with Gasteiger partial charge in [0, 0.05) is 45.5 Å². The molecule has 0 saturated carbocycles. The second kappa shape index (κ2) is 6.36. The van der Waals surface area contributed by atoms with Crippen LogP contribution in [0.3, 0.4) is 0 Å². The summed E-state index contributed by atoms with van der Waals surface area (Å²) in [4.78, 5) is 8.80. The highest BCUT2D eigenvalue weighted by Crippen LogP contribution is 2.14. The average molecular weight is 326 g/mol. The zero-order valence-electron chi connectivity index (χ0n) is 13.4. The van der Waals surface area contributed by atoms with Crippen molar-refractivity contribution in [2.75, 3.05) is 31.1 Å². The summed E-state index contributed by atoms with van der Waals surface area (Å²) in [6, 6.07) is 5.78. The lowest BCUT2D eigenvalue weighted by molar-refractivity contribution is 0.239. The SMILES string of the molecule is Cc1nc(CN2CCN(c3ccc(-n4cccn4)nn3)CC2)no1. The molecule has 0 bridgehead atoms. The fourth-order valence-corrected chi connectivity index (χ4v) is 2.75. The van der Waals surface area contributed by atoms with Crippen molar-refractivity contribution in [3.05, 3.63) is 42.3 Å². The maximum atomic E-state index is 5.01. The van der Waals surface area contributed by atoms with Gasteiger partial charge in [0.15, 0.2) is 17.5 Å². The van der Waals surface area contributed by atoms with E-state index in [9.17, 15) is 0 Å². The molecule has 1 saturated heterocycles. The number of nitrogens with zero attached hydrogens (tertiary/aromatic N) is 8. The topological polar surface area (TPSA) is 89.0 Å². The van der Waals surface area contributed by atoms with Crippen LogP contribution in [0.25, 0.3) is 5.82 Å². The highest BCUT2D eigenvalue weighted by Gasteiger charge is 2.20. The molecular weight excluding hydrogens is 308 g/mol. The zero-order chi connectivity index (χ0) is 16.4. The number of hydrogen-bond donors (Lipinski definition) is 0. The van der Waals surface area contributed by atoms with Crippen LogP contribution in [0.1, 0.15) is 11.7 Å². The van der Waals surface area contributed by atoms with Gasteiger partial charge in [-0.2, -0.15) is 10.1 Å². The summed E-state index contributed by atoms with van der Waals surface area (Å²) in [6.45, 7) is 6.17. The van der Waals surface area contributed by atoms with Crippen molar-refractivity contribution in [3.63, 3.8) is 0 Å². The van der Waals surface area contributed by atoms with Gasteiger partial charge in [-0.15, -0.1) is 10.2 Å². The molecule has 24 heavy (non-hydrogen) atoms. The minimum Gasteiger partial charge on any atom is -0.353 e. The molecule has 0 aliphatic carbocycles. The van der Waals surface area contributed by atoms with Crippen LogP contribution in [-0.2, 0) is 6.54 Å². The summed E-state index contributed by atoms with van der Waals surface area (Å²) in [5, 5.41) is 16.7. The van der Waals surface area contributed by atoms with Crippen molar-refractivity contribution in [3.8, 4) is 5.82 Å². The van der Waals surface area contributed by atoms with Gasteiger partial charge in [0.05, 0.1) is 6.54 Å². The maximum Gasteiger partial charge on any atom is 0.223 e. The van der Waals surface area contributed by atoms with Crippen LogP contribution in [0.4, 0.5) is 5.82 Å². The van der Waals surface area contributed by atoms with Crippen molar-refractivity contribution in [1.82, 2.24) is 35.0 Å². The minimum atomic E-state index is 0.608. The number of hydrogen-bond acceptors (Lipinski definition) is 8. The van der Waals surface area contributed by atoms with E-state index in [2.05, 4.69) is 35.2 Å². The quantitative estimate of drug-likeness (QED) is 0.691. The molecule has 0 atom stereocenters. The molecule has 9 nitrogen and oxygen atoms in total. The first kappa shape index (κ1) is 14.8. The Morgan fingerprint density at radius 1 is 1.08 bits per heavy atom. The lowest BCUT2D eigenvalue weighted by Gasteiger charge is -2.34. The van der Waals surface area contributed by atoms with E-state index in [0.29, 0.717) is 5.89 Å². The molecule has 3 aromatic rings. The average Bonchev–Trinajstić information content (AvgIpc) is 3.28. The van der Waals surface area contributed by atoms with E-state index < -0.39 is 0 Å². The monoisotopic (exact) mass is 326 g/mol. The van der Waals surface area contributed by atoms with Crippen LogP contribution < -0.4 is 4.90 Å². The van der Waals surface area contributed by atoms with E-state index in [0.717, 1.165) is 50.2 Å². The second-order valence-electron chi connectivity index (χ2n) is 5.69. The van der Waals surface area contributed by atoms with Crippen molar-refractivity contribution in [2.45, 2.75) is 13.5 Å². The van der Waals surface area contributed by atoms with Crippen LogP contribution >= 0.6 is 0 Å². The van der Waals surface area contributed by atoms with Gasteiger partial charge in [-0.05, 0) is 18.2 Å². The Morgan fingerprint density at radius 2 is 1.88 bits per heavy atom. The molecule has 0 radical (unpaired) electrons. The van der Waals surface area contributed by atoms with Crippen molar-refractivity contribution in [1.29, 1.82) is 0 Å². The van der Waals surface area contributed by atoms with E-state index in [4.69, 9.17) is 4.52 Å². The molecule has 4 rings (SSSR count). The highest BCUT2D eigenvalue weighted by atomic mass is 16.5. The van der Waals surface area contributed by atoms with E-state index in [1.54, 1.807) is 17.8 Å². The molecule has 0 amide bonds. The smallest absolute Gasteiger partial charge is 0.223 e. The van der Waals surface area contributed by atoms with Crippen molar-refractivity contribution < 1.29 is 4.52 Å². The third-order valence-corrected chi connectivity index (χ3v) is 4.01. The van der Waals surface area contributed by atoms with Gasteiger partial charge in [-0.25, -0.2) is 4.68 Å². The third-order valence-electron chi connectivity index (χ3n) is 4.01. The first-order chi connectivity index (χ1) is 11.8. The van der Waals surface area contributed by atoms with Crippen LogP contribution in [0.5, 0.6) is 0 Å². The molecule has 1 aliphatic heterocycles. The van der Waals surface area contributed by atoms with Crippen LogP contribution in [-0.4, -0.2) is 61.2 Å². The normalized spacial score (nSPS) is 15.8. The maximum absolute atomic E-state index is 5.01. The van der Waals surface area contributed by atoms with Gasteiger partial charge >= 0.3 is 0 Å². The molecule has 0 aromatic carbocycles. The lowest BCUT2D eigenvalue weighted by atomic mass is 10.3. The fraction of sp³-hybridized carbons (Fsp3) is 0.400. The Hall–Kier alpha value is -2.81. The molecule has 1 aliphatic rings. The Balaban J connectivity index is 1.35. The molecule has 9 heteroatoms. The summed E-state index contributed by atoms with van der Waals surface area (Å²) in [5.74, 6) is 2.95. The fourth-order valence-electron chi connectivity index (χ4n) is 2.75. The number of piperazine rings is 1. The van der Waals surface area contributed by atoms with E-state index in [-0.39, 0.29) is 0 Å². The Kier molecular flexibility index (Phi) is 3.91. The highest BCUT2D eigenvalue weighted by molar-refractivity contribution is 5.40. The molecular formula is C15H18N8O. The standard InChI is InChI=1S/C15H18N8O/c1-12-17-13(20-24-12)11-21-7-9-22(10-8-21)14-3-4-15(19-18-14)23-6-2-5-16-23/h2-6H,7-11H2,1H3. The Morgan fingerprint density at radius 3 is 2.50 bits per heavy atom. The summed E-state index contributed by atoms with van der Waals surface area (Å²) < 4.78 is 6.71. The lowest BCUT2D eigenvalue weighted by Crippen LogP contribution is -2.46. The second-order valence-corrected chi connectivity index (χ2v) is 5.69. The number of anilines is 1. The molecule has 0 N–H and O–H groups in total. The predicted octanol–water partition coefficient (Wildman–Crippen LogP) is 0.676. The number of aryl methyl sites for hydroxylation is 1. The van der Waals surface area contributed by atoms with Crippen LogP contribution in [0.15, 0.2) is 35.1 Å². The molecule has 4 heterocycles.